The summed E-state index contributed by atoms with van der Waals surface area (Å²) in [5, 5.41) is 0. The number of hydrogen-bond donors (Lipinski definition) is 1. The molecule has 1 fully saturated rings. The van der Waals surface area contributed by atoms with Crippen molar-refractivity contribution in [2.24, 2.45) is 0 Å². The summed E-state index contributed by atoms with van der Waals surface area (Å²) >= 11 is 0. The first-order chi connectivity index (χ1) is 9.52. The van der Waals surface area contributed by atoms with Crippen LogP contribution in [-0.2, 0) is 0 Å². The molecular formula is C15H24N4O. The molecule has 0 saturated carbocycles. The van der Waals surface area contributed by atoms with Crippen molar-refractivity contribution >= 4 is 11.6 Å². The Hall–Kier alpha value is -1.62. The number of pyridine rings is 1. The Bertz CT molecular complexity index is 489. The molecule has 20 heavy (non-hydrogen) atoms. The molecule has 1 aliphatic rings. The van der Waals surface area contributed by atoms with Gasteiger partial charge in [-0.2, -0.15) is 0 Å². The predicted molar refractivity (Wildman–Crippen MR) is 80.6 cm³/mol. The van der Waals surface area contributed by atoms with Crippen molar-refractivity contribution in [2.45, 2.75) is 32.7 Å². The molecule has 0 bridgehead atoms. The molecule has 2 heterocycles. The molecule has 0 spiro atoms. The minimum Gasteiger partial charge on any atom is -0.397 e. The van der Waals surface area contributed by atoms with Gasteiger partial charge >= 0.3 is 0 Å². The second-order valence-electron chi connectivity index (χ2n) is 5.51. The molecule has 5 nitrogen and oxygen atoms in total. The molecule has 0 radical (unpaired) electrons. The monoisotopic (exact) mass is 276 g/mol. The van der Waals surface area contributed by atoms with Crippen LogP contribution >= 0.6 is 0 Å². The van der Waals surface area contributed by atoms with Crippen molar-refractivity contribution in [3.05, 3.63) is 23.5 Å². The normalized spacial score (nSPS) is 19.2. The highest BCUT2D eigenvalue weighted by Gasteiger charge is 2.26. The average Bonchev–Trinajstić information content (AvgIpc) is 2.87. The van der Waals surface area contributed by atoms with Crippen LogP contribution < -0.4 is 5.73 Å². The molecule has 2 N–H and O–H groups in total. The molecule has 1 aliphatic heterocycles. The van der Waals surface area contributed by atoms with Crippen molar-refractivity contribution in [3.8, 4) is 0 Å². The Morgan fingerprint density at radius 3 is 3.05 bits per heavy atom. The number of nitrogen functional groups attached to an aromatic ring is 1. The number of amides is 1. The number of nitrogens with zero attached hydrogens (tertiary/aromatic N) is 3. The number of carbonyl (C=O) groups is 1. The predicted octanol–water partition coefficient (Wildman–Crippen LogP) is 1.53. The maximum absolute atomic E-state index is 12.5. The number of likely N-dealkylation sites (N-methyl/N-ethyl adjacent to an activating group) is 2. The van der Waals surface area contributed by atoms with E-state index in [1.807, 2.05) is 14.0 Å². The van der Waals surface area contributed by atoms with Crippen LogP contribution in [0.5, 0.6) is 0 Å². The van der Waals surface area contributed by atoms with Gasteiger partial charge in [0.2, 0.25) is 0 Å². The van der Waals surface area contributed by atoms with E-state index in [0.717, 1.165) is 25.3 Å². The molecule has 110 valence electrons. The lowest BCUT2D eigenvalue weighted by atomic mass is 10.1. The van der Waals surface area contributed by atoms with E-state index in [2.05, 4.69) is 16.8 Å². The van der Waals surface area contributed by atoms with Crippen LogP contribution in [-0.4, -0.2) is 53.4 Å². The minimum absolute atomic E-state index is 0.00486. The third kappa shape index (κ3) is 3.10. The number of carbonyl (C=O) groups excluding carboxylic acids is 1. The quantitative estimate of drug-likeness (QED) is 0.906. The number of hydrogen-bond acceptors (Lipinski definition) is 4. The molecule has 0 aromatic carbocycles. The zero-order chi connectivity index (χ0) is 14.7. The summed E-state index contributed by atoms with van der Waals surface area (Å²) in [5.74, 6) is 0.00486. The summed E-state index contributed by atoms with van der Waals surface area (Å²) < 4.78 is 0. The summed E-state index contributed by atoms with van der Waals surface area (Å²) in [5.41, 5.74) is 7.60. The Kier molecular flexibility index (Phi) is 4.60. The molecule has 1 saturated heterocycles. The standard InChI is InChI=1S/C15H24N4O/c1-4-19-7-5-6-13(19)10-18(3)15(20)14-8-12(16)9-17-11(14)2/h8-9,13H,4-7,10,16H2,1-3H3. The fraction of sp³-hybridized carbons (Fsp3) is 0.600. The lowest BCUT2D eigenvalue weighted by Crippen LogP contribution is -2.41. The summed E-state index contributed by atoms with van der Waals surface area (Å²) in [6, 6.07) is 2.19. The zero-order valence-electron chi connectivity index (χ0n) is 12.6. The maximum atomic E-state index is 12.5. The molecule has 1 amide bonds. The lowest BCUT2D eigenvalue weighted by molar-refractivity contribution is 0.0753. The largest absolute Gasteiger partial charge is 0.397 e. The maximum Gasteiger partial charge on any atom is 0.255 e. The molecule has 0 aliphatic carbocycles. The van der Waals surface area contributed by atoms with E-state index in [1.165, 1.54) is 12.8 Å². The van der Waals surface area contributed by atoms with Crippen LogP contribution in [0.2, 0.25) is 0 Å². The molecule has 1 aromatic rings. The Morgan fingerprint density at radius 1 is 1.60 bits per heavy atom. The minimum atomic E-state index is 0.00486. The highest BCUT2D eigenvalue weighted by atomic mass is 16.2. The number of rotatable bonds is 4. The Morgan fingerprint density at radius 2 is 2.35 bits per heavy atom. The van der Waals surface area contributed by atoms with Gasteiger partial charge in [-0.3, -0.25) is 14.7 Å². The highest BCUT2D eigenvalue weighted by molar-refractivity contribution is 5.95. The molecule has 1 unspecified atom stereocenters. The van der Waals surface area contributed by atoms with Gasteiger partial charge in [0.25, 0.3) is 5.91 Å². The first kappa shape index (κ1) is 14.8. The van der Waals surface area contributed by atoms with Gasteiger partial charge in [0.05, 0.1) is 23.1 Å². The van der Waals surface area contributed by atoms with E-state index >= 15 is 0 Å². The molecule has 1 aromatic heterocycles. The van der Waals surface area contributed by atoms with Gasteiger partial charge in [0, 0.05) is 19.6 Å². The number of nitrogens with two attached hydrogens (primary N) is 1. The number of anilines is 1. The van der Waals surface area contributed by atoms with Crippen LogP contribution in [0.15, 0.2) is 12.3 Å². The van der Waals surface area contributed by atoms with Crippen LogP contribution in [0.3, 0.4) is 0 Å². The van der Waals surface area contributed by atoms with E-state index in [1.54, 1.807) is 17.2 Å². The first-order valence-electron chi connectivity index (χ1n) is 7.24. The van der Waals surface area contributed by atoms with Gasteiger partial charge < -0.3 is 10.6 Å². The second kappa shape index (κ2) is 6.22. The number of aryl methyl sites for hydroxylation is 1. The molecule has 5 heteroatoms. The first-order valence-corrected chi connectivity index (χ1v) is 7.24. The topological polar surface area (TPSA) is 62.5 Å². The lowest BCUT2D eigenvalue weighted by Gasteiger charge is -2.28. The third-order valence-electron chi connectivity index (χ3n) is 4.08. The third-order valence-corrected chi connectivity index (χ3v) is 4.08. The van der Waals surface area contributed by atoms with Gasteiger partial charge in [-0.1, -0.05) is 6.92 Å². The van der Waals surface area contributed by atoms with Gasteiger partial charge in [-0.15, -0.1) is 0 Å². The van der Waals surface area contributed by atoms with Gasteiger partial charge in [-0.25, -0.2) is 0 Å². The summed E-state index contributed by atoms with van der Waals surface area (Å²) in [4.78, 5) is 20.9. The molecule has 2 rings (SSSR count). The average molecular weight is 276 g/mol. The van der Waals surface area contributed by atoms with E-state index in [-0.39, 0.29) is 5.91 Å². The number of likely N-dealkylation sites (tertiary alicyclic amines) is 1. The van der Waals surface area contributed by atoms with Crippen LogP contribution in [0.4, 0.5) is 5.69 Å². The van der Waals surface area contributed by atoms with E-state index in [9.17, 15) is 4.79 Å². The highest BCUT2D eigenvalue weighted by Crippen LogP contribution is 2.19. The van der Waals surface area contributed by atoms with Crippen molar-refractivity contribution < 1.29 is 4.79 Å². The molecular weight excluding hydrogens is 252 g/mol. The van der Waals surface area contributed by atoms with Crippen molar-refractivity contribution in [1.82, 2.24) is 14.8 Å². The number of aromatic nitrogens is 1. The van der Waals surface area contributed by atoms with Crippen molar-refractivity contribution in [2.75, 3.05) is 32.4 Å². The fourth-order valence-electron chi connectivity index (χ4n) is 2.89. The Balaban J connectivity index is 2.07. The van der Waals surface area contributed by atoms with Crippen LogP contribution in [0, 0.1) is 6.92 Å². The zero-order valence-corrected chi connectivity index (χ0v) is 12.6. The SMILES string of the molecule is CCN1CCCC1CN(C)C(=O)c1cc(N)cnc1C. The second-order valence-corrected chi connectivity index (χ2v) is 5.51. The van der Waals surface area contributed by atoms with Crippen molar-refractivity contribution in [1.29, 1.82) is 0 Å². The van der Waals surface area contributed by atoms with E-state index in [4.69, 9.17) is 5.73 Å². The molecule has 1 atom stereocenters. The van der Waals surface area contributed by atoms with Crippen LogP contribution in [0.25, 0.3) is 0 Å². The van der Waals surface area contributed by atoms with Gasteiger partial charge in [0.15, 0.2) is 0 Å². The van der Waals surface area contributed by atoms with Gasteiger partial charge in [0.1, 0.15) is 0 Å². The van der Waals surface area contributed by atoms with Gasteiger partial charge in [-0.05, 0) is 38.9 Å². The summed E-state index contributed by atoms with van der Waals surface area (Å²) in [6.07, 6.45) is 3.97. The van der Waals surface area contributed by atoms with E-state index in [0.29, 0.717) is 17.3 Å². The summed E-state index contributed by atoms with van der Waals surface area (Å²) in [7, 11) is 1.86. The smallest absolute Gasteiger partial charge is 0.255 e. The van der Waals surface area contributed by atoms with Crippen LogP contribution in [0.1, 0.15) is 35.8 Å². The summed E-state index contributed by atoms with van der Waals surface area (Å²) in [6.45, 7) is 6.97. The van der Waals surface area contributed by atoms with E-state index < -0.39 is 0 Å². The fourth-order valence-corrected chi connectivity index (χ4v) is 2.89. The Labute approximate surface area is 120 Å². The van der Waals surface area contributed by atoms with Crippen molar-refractivity contribution in [3.63, 3.8) is 0 Å².